The largest absolute Gasteiger partial charge is 0.479 e. The van der Waals surface area contributed by atoms with Gasteiger partial charge in [0.2, 0.25) is 0 Å². The van der Waals surface area contributed by atoms with E-state index in [4.69, 9.17) is 16.9 Å². The van der Waals surface area contributed by atoms with Crippen LogP contribution in [0.5, 0.6) is 5.75 Å². The van der Waals surface area contributed by atoms with Crippen LogP contribution in [0.3, 0.4) is 0 Å². The van der Waals surface area contributed by atoms with Crippen LogP contribution in [0.2, 0.25) is 0 Å². The van der Waals surface area contributed by atoms with Crippen LogP contribution in [0.1, 0.15) is 12.5 Å². The monoisotopic (exact) mass is 324 g/mol. The van der Waals surface area contributed by atoms with Crippen molar-refractivity contribution in [3.05, 3.63) is 28.2 Å². The number of para-hydroxylation sites is 1. The van der Waals surface area contributed by atoms with Crippen molar-refractivity contribution in [3.8, 4) is 18.1 Å². The minimum absolute atomic E-state index is 0.193. The molecule has 0 heterocycles. The van der Waals surface area contributed by atoms with Gasteiger partial charge in [-0.3, -0.25) is 4.79 Å². The zero-order valence-corrected chi connectivity index (χ0v) is 12.4. The van der Waals surface area contributed by atoms with Gasteiger partial charge >= 0.3 is 0 Å². The molecule has 3 N–H and O–H groups in total. The summed E-state index contributed by atoms with van der Waals surface area (Å²) < 4.78 is 6.51. The maximum absolute atomic E-state index is 11.7. The molecule has 0 saturated heterocycles. The molecule has 1 amide bonds. The van der Waals surface area contributed by atoms with E-state index in [9.17, 15) is 4.79 Å². The minimum atomic E-state index is -0.622. The molecule has 0 aliphatic rings. The standard InChI is InChI=1S/C14H17BrN2O2/c1-3-9-17-14(18)10(2)19-13-11(7-8-16)5-4-6-12(13)15/h1,4-6,10H,7-9,16H2,2H3,(H,17,18). The molecule has 1 aromatic carbocycles. The van der Waals surface area contributed by atoms with Crippen LogP contribution in [-0.4, -0.2) is 25.1 Å². The van der Waals surface area contributed by atoms with Crippen LogP contribution < -0.4 is 15.8 Å². The number of terminal acetylenes is 1. The van der Waals surface area contributed by atoms with Crippen molar-refractivity contribution in [3.63, 3.8) is 0 Å². The van der Waals surface area contributed by atoms with Crippen LogP contribution in [0.4, 0.5) is 0 Å². The summed E-state index contributed by atoms with van der Waals surface area (Å²) in [6.45, 7) is 2.39. The van der Waals surface area contributed by atoms with Gasteiger partial charge in [0, 0.05) is 0 Å². The summed E-state index contributed by atoms with van der Waals surface area (Å²) in [5.41, 5.74) is 6.53. The molecular formula is C14H17BrN2O2. The molecule has 1 atom stereocenters. The van der Waals surface area contributed by atoms with Gasteiger partial charge in [0.15, 0.2) is 6.10 Å². The van der Waals surface area contributed by atoms with Gasteiger partial charge in [-0.1, -0.05) is 18.1 Å². The van der Waals surface area contributed by atoms with E-state index >= 15 is 0 Å². The van der Waals surface area contributed by atoms with Crippen molar-refractivity contribution in [2.45, 2.75) is 19.4 Å². The number of amides is 1. The summed E-state index contributed by atoms with van der Waals surface area (Å²) in [5.74, 6) is 2.75. The van der Waals surface area contributed by atoms with Crippen LogP contribution in [0, 0.1) is 12.3 Å². The number of carbonyl (C=O) groups is 1. The number of rotatable bonds is 6. The predicted octanol–water partition coefficient (Wildman–Crippen LogP) is 1.47. The fraction of sp³-hybridized carbons (Fsp3) is 0.357. The maximum Gasteiger partial charge on any atom is 0.261 e. The van der Waals surface area contributed by atoms with Crippen molar-refractivity contribution < 1.29 is 9.53 Å². The number of nitrogens with one attached hydrogen (secondary N) is 1. The highest BCUT2D eigenvalue weighted by Crippen LogP contribution is 2.30. The van der Waals surface area contributed by atoms with Gasteiger partial charge in [-0.15, -0.1) is 6.42 Å². The second-order valence-corrected chi connectivity index (χ2v) is 4.80. The molecule has 0 aliphatic heterocycles. The molecule has 0 spiro atoms. The highest BCUT2D eigenvalue weighted by Gasteiger charge is 2.17. The summed E-state index contributed by atoms with van der Waals surface area (Å²) in [6.07, 6.45) is 5.16. The van der Waals surface area contributed by atoms with Crippen molar-refractivity contribution >= 4 is 21.8 Å². The van der Waals surface area contributed by atoms with E-state index < -0.39 is 6.10 Å². The Bertz CT molecular complexity index is 483. The summed E-state index contributed by atoms with van der Waals surface area (Å²) in [5, 5.41) is 2.58. The fourth-order valence-electron chi connectivity index (χ4n) is 1.55. The van der Waals surface area contributed by atoms with Gasteiger partial charge in [-0.25, -0.2) is 0 Å². The van der Waals surface area contributed by atoms with E-state index in [-0.39, 0.29) is 12.5 Å². The van der Waals surface area contributed by atoms with Crippen LogP contribution in [0.15, 0.2) is 22.7 Å². The Morgan fingerprint density at radius 2 is 2.37 bits per heavy atom. The molecule has 0 bridgehead atoms. The van der Waals surface area contributed by atoms with E-state index in [1.54, 1.807) is 6.92 Å². The highest BCUT2D eigenvalue weighted by molar-refractivity contribution is 9.10. The number of hydrogen-bond acceptors (Lipinski definition) is 3. The number of carbonyl (C=O) groups excluding carboxylic acids is 1. The highest BCUT2D eigenvalue weighted by atomic mass is 79.9. The van der Waals surface area contributed by atoms with Crippen LogP contribution in [0.25, 0.3) is 0 Å². The predicted molar refractivity (Wildman–Crippen MR) is 78.8 cm³/mol. The van der Waals surface area contributed by atoms with Gasteiger partial charge in [-0.2, -0.15) is 0 Å². The van der Waals surface area contributed by atoms with E-state index in [0.29, 0.717) is 18.7 Å². The lowest BCUT2D eigenvalue weighted by Gasteiger charge is -2.18. The second-order valence-electron chi connectivity index (χ2n) is 3.95. The Kier molecular flexibility index (Phi) is 6.40. The number of nitrogens with two attached hydrogens (primary N) is 1. The molecular weight excluding hydrogens is 308 g/mol. The number of halogens is 1. The number of hydrogen-bond donors (Lipinski definition) is 2. The topological polar surface area (TPSA) is 64.3 Å². The van der Waals surface area contributed by atoms with Gasteiger partial charge in [0.1, 0.15) is 5.75 Å². The molecule has 1 rings (SSSR count). The summed E-state index contributed by atoms with van der Waals surface area (Å²) in [7, 11) is 0. The van der Waals surface area contributed by atoms with Gasteiger partial charge in [0.25, 0.3) is 5.91 Å². The Labute approximate surface area is 121 Å². The van der Waals surface area contributed by atoms with E-state index in [1.165, 1.54) is 0 Å². The maximum atomic E-state index is 11.7. The third-order valence-electron chi connectivity index (χ3n) is 2.49. The first-order valence-electron chi connectivity index (χ1n) is 5.95. The lowest BCUT2D eigenvalue weighted by atomic mass is 10.1. The van der Waals surface area contributed by atoms with Gasteiger partial charge in [-0.05, 0) is 47.4 Å². The number of ether oxygens (including phenoxy) is 1. The van der Waals surface area contributed by atoms with Crippen molar-refractivity contribution in [2.24, 2.45) is 5.73 Å². The smallest absolute Gasteiger partial charge is 0.261 e. The SMILES string of the molecule is C#CCNC(=O)C(C)Oc1c(Br)cccc1CCN. The average molecular weight is 325 g/mol. The lowest BCUT2D eigenvalue weighted by molar-refractivity contribution is -0.127. The first-order valence-corrected chi connectivity index (χ1v) is 6.74. The molecule has 0 aliphatic carbocycles. The Morgan fingerprint density at radius 1 is 1.63 bits per heavy atom. The number of benzene rings is 1. The Balaban J connectivity index is 2.81. The first-order chi connectivity index (χ1) is 9.10. The first kappa shape index (κ1) is 15.5. The molecule has 0 radical (unpaired) electrons. The van der Waals surface area contributed by atoms with E-state index in [2.05, 4.69) is 27.2 Å². The normalized spacial score (nSPS) is 11.5. The molecule has 19 heavy (non-hydrogen) atoms. The van der Waals surface area contributed by atoms with E-state index in [0.717, 1.165) is 10.0 Å². The molecule has 1 unspecified atom stereocenters. The summed E-state index contributed by atoms with van der Waals surface area (Å²) in [6, 6.07) is 5.70. The second kappa shape index (κ2) is 7.82. The molecule has 1 aromatic rings. The molecule has 102 valence electrons. The van der Waals surface area contributed by atoms with Crippen molar-refractivity contribution in [2.75, 3.05) is 13.1 Å². The third-order valence-corrected chi connectivity index (χ3v) is 3.12. The zero-order valence-electron chi connectivity index (χ0n) is 10.8. The molecule has 4 nitrogen and oxygen atoms in total. The van der Waals surface area contributed by atoms with Crippen LogP contribution >= 0.6 is 15.9 Å². The zero-order chi connectivity index (χ0) is 14.3. The van der Waals surface area contributed by atoms with Crippen LogP contribution in [-0.2, 0) is 11.2 Å². The minimum Gasteiger partial charge on any atom is -0.479 e. The summed E-state index contributed by atoms with van der Waals surface area (Å²) >= 11 is 3.42. The third kappa shape index (κ3) is 4.58. The molecule has 5 heteroatoms. The fourth-order valence-corrected chi connectivity index (χ4v) is 2.05. The summed E-state index contributed by atoms with van der Waals surface area (Å²) in [4.78, 5) is 11.7. The quantitative estimate of drug-likeness (QED) is 0.779. The average Bonchev–Trinajstić information content (AvgIpc) is 2.40. The van der Waals surface area contributed by atoms with Gasteiger partial charge in [0.05, 0.1) is 11.0 Å². The molecule has 0 saturated carbocycles. The molecule has 0 fully saturated rings. The van der Waals surface area contributed by atoms with Crippen molar-refractivity contribution in [1.82, 2.24) is 5.32 Å². The van der Waals surface area contributed by atoms with Crippen molar-refractivity contribution in [1.29, 1.82) is 0 Å². The Hall–Kier alpha value is -1.51. The Morgan fingerprint density at radius 3 is 3.00 bits per heavy atom. The van der Waals surface area contributed by atoms with E-state index in [1.807, 2.05) is 18.2 Å². The lowest BCUT2D eigenvalue weighted by Crippen LogP contribution is -2.36. The molecule has 0 aromatic heterocycles. The van der Waals surface area contributed by atoms with Gasteiger partial charge < -0.3 is 15.8 Å².